The Labute approximate surface area is 230 Å². The Morgan fingerprint density at radius 2 is 1.95 bits per heavy atom. The molecule has 0 bridgehead atoms. The van der Waals surface area contributed by atoms with Crippen molar-refractivity contribution in [3.05, 3.63) is 65.5 Å². The van der Waals surface area contributed by atoms with Crippen LogP contribution in [-0.2, 0) is 20.8 Å². The molecule has 39 heavy (non-hydrogen) atoms. The molecule has 0 saturated heterocycles. The van der Waals surface area contributed by atoms with E-state index >= 15 is 0 Å². The fourth-order valence-corrected chi connectivity index (χ4v) is 3.35. The normalized spacial score (nSPS) is 18.1. The molecule has 0 aromatic heterocycles. The van der Waals surface area contributed by atoms with Crippen LogP contribution in [0.1, 0.15) is 44.7 Å². The second kappa shape index (κ2) is 15.8. The summed E-state index contributed by atoms with van der Waals surface area (Å²) >= 11 is 0. The molecule has 1 heterocycles. The van der Waals surface area contributed by atoms with Gasteiger partial charge in [-0.05, 0) is 57.4 Å². The minimum absolute atomic E-state index is 0.110. The van der Waals surface area contributed by atoms with E-state index in [0.717, 1.165) is 35.9 Å². The Hall–Kier alpha value is -4.34. The number of ether oxygens (including phenoxy) is 2. The van der Waals surface area contributed by atoms with E-state index in [-0.39, 0.29) is 18.2 Å². The van der Waals surface area contributed by atoms with Crippen molar-refractivity contribution in [2.24, 2.45) is 15.9 Å². The Kier molecular flexibility index (Phi) is 12.5. The first kappa shape index (κ1) is 30.9. The van der Waals surface area contributed by atoms with E-state index in [1.54, 1.807) is 13.3 Å². The molecule has 10 heteroatoms. The van der Waals surface area contributed by atoms with E-state index in [0.29, 0.717) is 18.8 Å². The van der Waals surface area contributed by atoms with Crippen LogP contribution in [0.5, 0.6) is 0 Å². The first-order chi connectivity index (χ1) is 18.6. The van der Waals surface area contributed by atoms with Crippen LogP contribution >= 0.6 is 0 Å². The summed E-state index contributed by atoms with van der Waals surface area (Å²) in [5, 5.41) is 20.8. The van der Waals surface area contributed by atoms with Crippen LogP contribution in [-0.4, -0.2) is 62.2 Å². The van der Waals surface area contributed by atoms with Crippen molar-refractivity contribution in [2.45, 2.75) is 45.8 Å². The number of hydrogen-bond acceptors (Lipinski definition) is 8. The van der Waals surface area contributed by atoms with E-state index in [1.165, 1.54) is 18.4 Å². The quantitative estimate of drug-likeness (QED) is 0.178. The van der Waals surface area contributed by atoms with Gasteiger partial charge in [-0.1, -0.05) is 24.3 Å². The van der Waals surface area contributed by atoms with Gasteiger partial charge in [0.1, 0.15) is 18.0 Å². The highest BCUT2D eigenvalue weighted by molar-refractivity contribution is 6.15. The molecule has 2 amide bonds. The van der Waals surface area contributed by atoms with E-state index in [4.69, 9.17) is 20.3 Å². The van der Waals surface area contributed by atoms with Gasteiger partial charge in [0.05, 0.1) is 24.4 Å². The lowest BCUT2D eigenvalue weighted by atomic mass is 10.1. The van der Waals surface area contributed by atoms with Crippen molar-refractivity contribution < 1.29 is 19.1 Å². The molecule has 1 aromatic carbocycles. The van der Waals surface area contributed by atoms with Gasteiger partial charge in [-0.3, -0.25) is 14.8 Å². The second-order valence-corrected chi connectivity index (χ2v) is 9.62. The minimum atomic E-state index is -0.553. The lowest BCUT2D eigenvalue weighted by Crippen LogP contribution is -2.34. The van der Waals surface area contributed by atoms with E-state index in [1.807, 2.05) is 51.1 Å². The lowest BCUT2D eigenvalue weighted by Gasteiger charge is -2.19. The minimum Gasteiger partial charge on any atom is -0.490 e. The fraction of sp³-hybridized carbons (Fsp3) is 0.379. The number of amides is 2. The van der Waals surface area contributed by atoms with Gasteiger partial charge in [-0.2, -0.15) is 0 Å². The maximum absolute atomic E-state index is 12.2. The molecule has 2 rings (SSSR count). The van der Waals surface area contributed by atoms with Crippen LogP contribution in [0.15, 0.2) is 64.3 Å². The third-order valence-corrected chi connectivity index (χ3v) is 5.17. The van der Waals surface area contributed by atoms with E-state index < -0.39 is 17.6 Å². The number of carbonyl (C=O) groups excluding carboxylic acids is 2. The van der Waals surface area contributed by atoms with E-state index in [2.05, 4.69) is 26.7 Å². The number of hydrogen-bond donors (Lipinski definition) is 4. The summed E-state index contributed by atoms with van der Waals surface area (Å²) in [5.74, 6) is -0.260. The highest BCUT2D eigenvalue weighted by Gasteiger charge is 2.15. The topological polar surface area (TPSA) is 149 Å². The van der Waals surface area contributed by atoms with Gasteiger partial charge >= 0.3 is 6.09 Å². The smallest absolute Gasteiger partial charge is 0.407 e. The number of aliphatic imine (C=N–C) groups is 2. The number of nitrogens with one attached hydrogen (secondary N) is 4. The maximum atomic E-state index is 12.2. The predicted molar refractivity (Wildman–Crippen MR) is 156 cm³/mol. The third kappa shape index (κ3) is 12.2. The molecule has 1 aromatic rings. The molecule has 0 saturated carbocycles. The molecule has 0 radical (unpaired) electrons. The van der Waals surface area contributed by atoms with Crippen LogP contribution in [0, 0.1) is 16.7 Å². The van der Waals surface area contributed by atoms with Crippen LogP contribution in [0.4, 0.5) is 4.79 Å². The Morgan fingerprint density at radius 3 is 2.67 bits per heavy atom. The van der Waals surface area contributed by atoms with Crippen LogP contribution in [0.3, 0.4) is 0 Å². The predicted octanol–water partition coefficient (Wildman–Crippen LogP) is 4.48. The average Bonchev–Trinajstić information content (AvgIpc) is 2.87. The van der Waals surface area contributed by atoms with Gasteiger partial charge < -0.3 is 30.9 Å². The first-order valence-electron chi connectivity index (χ1n) is 12.7. The Morgan fingerprint density at radius 1 is 1.18 bits per heavy atom. The van der Waals surface area contributed by atoms with Crippen molar-refractivity contribution in [2.75, 3.05) is 20.2 Å². The van der Waals surface area contributed by atoms with Crippen molar-refractivity contribution in [3.8, 4) is 0 Å². The Balaban J connectivity index is 1.90. The number of carbonyl (C=O) groups is 2. The summed E-state index contributed by atoms with van der Waals surface area (Å²) in [6, 6.07) is 7.75. The van der Waals surface area contributed by atoms with Crippen molar-refractivity contribution >= 4 is 42.1 Å². The number of nitrogens with zero attached hydrogens (tertiary/aromatic N) is 2. The highest BCUT2D eigenvalue weighted by atomic mass is 16.6. The van der Waals surface area contributed by atoms with Crippen molar-refractivity contribution in [1.82, 2.24) is 10.6 Å². The number of benzene rings is 1. The zero-order valence-corrected chi connectivity index (χ0v) is 23.0. The van der Waals surface area contributed by atoms with Gasteiger partial charge in [-0.15, -0.1) is 0 Å². The summed E-state index contributed by atoms with van der Waals surface area (Å²) in [6.45, 7) is 6.33. The zero-order chi connectivity index (χ0) is 28.7. The van der Waals surface area contributed by atoms with Crippen LogP contribution < -0.4 is 10.6 Å². The molecule has 4 N–H and O–H groups in total. The number of alkyl carbamates (subject to hydrolysis) is 1. The maximum Gasteiger partial charge on any atom is 0.407 e. The summed E-state index contributed by atoms with van der Waals surface area (Å²) < 4.78 is 11.0. The van der Waals surface area contributed by atoms with Gasteiger partial charge in [0.2, 0.25) is 5.91 Å². The second-order valence-electron chi connectivity index (χ2n) is 9.62. The standard InChI is InChI=1S/C29H38N6O4/c1-29(2,3)39-28(37)33-14-15-38-24-10-5-6-11-26(34-20-24)22-9-7-8-21(16-22)18-35-27(36)13-12-25(31)23(17-30)19-32-4/h7-13,16-17,19-20,23,30-31H,5-6,14-15,18H2,1-4H3,(H,33,37)(H,35,36)/b13-12-,24-10+,26-11+,30-17?,31-25?,32-19?,34-20-. The summed E-state index contributed by atoms with van der Waals surface area (Å²) in [4.78, 5) is 32.4. The van der Waals surface area contributed by atoms with Gasteiger partial charge in [-0.25, -0.2) is 4.79 Å². The summed E-state index contributed by atoms with van der Waals surface area (Å²) in [7, 11) is 1.57. The molecule has 208 valence electrons. The molecule has 0 spiro atoms. The summed E-state index contributed by atoms with van der Waals surface area (Å²) in [6.07, 6.45) is 12.0. The fourth-order valence-electron chi connectivity index (χ4n) is 3.35. The average molecular weight is 535 g/mol. The molecule has 0 aliphatic carbocycles. The monoisotopic (exact) mass is 534 g/mol. The first-order valence-corrected chi connectivity index (χ1v) is 12.7. The molecule has 1 atom stereocenters. The van der Waals surface area contributed by atoms with Crippen molar-refractivity contribution in [1.29, 1.82) is 10.8 Å². The third-order valence-electron chi connectivity index (χ3n) is 5.17. The summed E-state index contributed by atoms with van der Waals surface area (Å²) in [5.41, 5.74) is 2.17. The molecular formula is C29H38N6O4. The molecule has 1 aliphatic heterocycles. The molecular weight excluding hydrogens is 496 g/mol. The SMILES string of the molecule is CN=CC(C=N)C(=N)/C=C\C(=O)NCc1cccc(C2=C\CC\C=C(OCCNC(=O)OC(C)(C)C)/C=N\2)c1. The van der Waals surface area contributed by atoms with Gasteiger partial charge in [0.15, 0.2) is 0 Å². The number of allylic oxidation sites excluding steroid dienone is 4. The van der Waals surface area contributed by atoms with Gasteiger partial charge in [0.25, 0.3) is 0 Å². The molecule has 1 aliphatic rings. The van der Waals surface area contributed by atoms with Crippen LogP contribution in [0.2, 0.25) is 0 Å². The lowest BCUT2D eigenvalue weighted by molar-refractivity contribution is -0.116. The van der Waals surface area contributed by atoms with Crippen LogP contribution in [0.25, 0.3) is 5.70 Å². The van der Waals surface area contributed by atoms with Crippen molar-refractivity contribution in [3.63, 3.8) is 0 Å². The molecule has 10 nitrogen and oxygen atoms in total. The Bertz CT molecular complexity index is 1170. The van der Waals surface area contributed by atoms with E-state index in [9.17, 15) is 9.59 Å². The van der Waals surface area contributed by atoms with Gasteiger partial charge in [0, 0.05) is 43.4 Å². The molecule has 1 unspecified atom stereocenters. The molecule has 0 fully saturated rings. The zero-order valence-electron chi connectivity index (χ0n) is 23.0. The number of rotatable bonds is 12. The highest BCUT2D eigenvalue weighted by Crippen LogP contribution is 2.21. The largest absolute Gasteiger partial charge is 0.490 e.